The number of anilines is 1. The van der Waals surface area contributed by atoms with Gasteiger partial charge in [0, 0.05) is 25.7 Å². The van der Waals surface area contributed by atoms with Gasteiger partial charge < -0.3 is 31.0 Å². The van der Waals surface area contributed by atoms with E-state index in [0.29, 0.717) is 16.7 Å². The molecule has 220 valence electrons. The molecular weight excluding hydrogens is 546 g/mol. The van der Waals surface area contributed by atoms with Crippen LogP contribution in [0.15, 0.2) is 63.9 Å². The molecule has 0 radical (unpaired) electrons. The van der Waals surface area contributed by atoms with Gasteiger partial charge in [-0.15, -0.1) is 0 Å². The molecule has 1 amide bonds. The molecule has 14 heteroatoms. The standard InChI is InChI=1S/C17H14N6O5.C10H13NO2.CH4/c1-22-11-4-8(2-3-13(11)28-17(22)27)6-19-15(24)10-5-12(16(25)26)23-14(21-10)9(18)7-20-23;1-7(11)8-3-5-9(6-4-8)10(12)13-2;/h2-5,7H,6,18H2,1H3,(H,19,24)(H,25,26);3-7H,11H2,1-2H3;1H4/t;7-;/m.1./s1. The first-order valence-corrected chi connectivity index (χ1v) is 12.2. The van der Waals surface area contributed by atoms with Gasteiger partial charge in [0.25, 0.3) is 5.91 Å². The summed E-state index contributed by atoms with van der Waals surface area (Å²) in [5.74, 6) is -2.65. The Morgan fingerprint density at radius 2 is 1.83 bits per heavy atom. The van der Waals surface area contributed by atoms with E-state index >= 15 is 0 Å². The van der Waals surface area contributed by atoms with Crippen LogP contribution in [-0.4, -0.2) is 49.2 Å². The lowest BCUT2D eigenvalue weighted by molar-refractivity contribution is 0.0599. The average molecular weight is 578 g/mol. The summed E-state index contributed by atoms with van der Waals surface area (Å²) in [5.41, 5.74) is 14.6. The van der Waals surface area contributed by atoms with E-state index in [9.17, 15) is 24.3 Å². The van der Waals surface area contributed by atoms with Gasteiger partial charge in [-0.05, 0) is 42.3 Å². The number of carbonyl (C=O) groups is 3. The van der Waals surface area contributed by atoms with Gasteiger partial charge in [0.1, 0.15) is 5.69 Å². The number of fused-ring (bicyclic) bond motifs is 2. The van der Waals surface area contributed by atoms with E-state index < -0.39 is 17.6 Å². The number of amides is 1. The molecule has 2 aromatic carbocycles. The van der Waals surface area contributed by atoms with E-state index in [1.165, 1.54) is 17.9 Å². The van der Waals surface area contributed by atoms with Crippen LogP contribution in [0.3, 0.4) is 0 Å². The molecule has 0 spiro atoms. The van der Waals surface area contributed by atoms with Crippen molar-refractivity contribution in [1.82, 2.24) is 24.5 Å². The Bertz CT molecular complexity index is 1820. The molecule has 0 aliphatic heterocycles. The maximum absolute atomic E-state index is 12.5. The zero-order valence-electron chi connectivity index (χ0n) is 22.3. The molecule has 0 bridgehead atoms. The van der Waals surface area contributed by atoms with Crippen LogP contribution in [-0.2, 0) is 18.3 Å². The minimum Gasteiger partial charge on any atom is -0.477 e. The number of carbonyl (C=O) groups excluding carboxylic acids is 2. The number of rotatable bonds is 6. The minimum atomic E-state index is -1.27. The van der Waals surface area contributed by atoms with E-state index in [1.807, 2.05) is 19.1 Å². The van der Waals surface area contributed by atoms with Gasteiger partial charge in [0.05, 0.1) is 30.1 Å². The third-order valence-electron chi connectivity index (χ3n) is 6.12. The number of nitrogens with one attached hydrogen (secondary N) is 1. The third-order valence-corrected chi connectivity index (χ3v) is 6.12. The number of esters is 1. The van der Waals surface area contributed by atoms with Crippen LogP contribution < -0.4 is 22.5 Å². The SMILES string of the molecule is C.COC(=O)c1ccc([C@@H](C)N)cc1.Cn1c(=O)oc2ccc(CNC(=O)c3cc(C(=O)O)n4ncc(N)c4n3)cc21. The number of methoxy groups -OCH3 is 1. The number of ether oxygens (including phenoxy) is 1. The van der Waals surface area contributed by atoms with Crippen molar-refractivity contribution in [2.24, 2.45) is 12.8 Å². The van der Waals surface area contributed by atoms with Crippen LogP contribution in [0, 0.1) is 0 Å². The van der Waals surface area contributed by atoms with Crippen molar-refractivity contribution >= 4 is 40.3 Å². The van der Waals surface area contributed by atoms with Crippen LogP contribution in [0.5, 0.6) is 0 Å². The molecule has 3 aromatic heterocycles. The number of oxazole rings is 1. The number of nitrogens with zero attached hydrogens (tertiary/aromatic N) is 4. The van der Waals surface area contributed by atoms with Gasteiger partial charge in [-0.3, -0.25) is 9.36 Å². The Labute approximate surface area is 239 Å². The van der Waals surface area contributed by atoms with Crippen molar-refractivity contribution in [3.8, 4) is 0 Å². The number of aromatic nitrogens is 4. The summed E-state index contributed by atoms with van der Waals surface area (Å²) in [6.07, 6.45) is 1.26. The second-order valence-corrected chi connectivity index (χ2v) is 8.98. The zero-order chi connectivity index (χ0) is 29.8. The van der Waals surface area contributed by atoms with E-state index in [-0.39, 0.29) is 48.7 Å². The quantitative estimate of drug-likeness (QED) is 0.215. The maximum Gasteiger partial charge on any atom is 0.419 e. The van der Waals surface area contributed by atoms with Crippen LogP contribution in [0.4, 0.5) is 5.69 Å². The second kappa shape index (κ2) is 12.8. The number of benzene rings is 2. The lowest BCUT2D eigenvalue weighted by atomic mass is 10.1. The first-order valence-electron chi connectivity index (χ1n) is 12.2. The fourth-order valence-electron chi connectivity index (χ4n) is 3.84. The first-order chi connectivity index (χ1) is 19.5. The molecular formula is C28H31N7O7. The molecule has 1 atom stereocenters. The highest BCUT2D eigenvalue weighted by molar-refractivity contribution is 5.96. The summed E-state index contributed by atoms with van der Waals surface area (Å²) in [6.45, 7) is 2.03. The predicted octanol–water partition coefficient (Wildman–Crippen LogP) is 2.51. The molecule has 14 nitrogen and oxygen atoms in total. The van der Waals surface area contributed by atoms with E-state index in [4.69, 9.17) is 15.9 Å². The van der Waals surface area contributed by atoms with Crippen LogP contribution >= 0.6 is 0 Å². The number of nitrogens with two attached hydrogens (primary N) is 2. The van der Waals surface area contributed by atoms with E-state index in [2.05, 4.69) is 20.1 Å². The monoisotopic (exact) mass is 577 g/mol. The van der Waals surface area contributed by atoms with Gasteiger partial charge in [-0.1, -0.05) is 25.6 Å². The molecule has 3 heterocycles. The van der Waals surface area contributed by atoms with Crippen molar-refractivity contribution in [2.45, 2.75) is 26.9 Å². The lowest BCUT2D eigenvalue weighted by Gasteiger charge is -2.07. The number of carboxylic acid groups (broad SMARTS) is 1. The average Bonchev–Trinajstić information content (AvgIpc) is 3.48. The minimum absolute atomic E-state index is 0. The summed E-state index contributed by atoms with van der Waals surface area (Å²) in [4.78, 5) is 50.6. The van der Waals surface area contributed by atoms with Gasteiger partial charge in [0.2, 0.25) is 0 Å². The number of nitrogen functional groups attached to an aromatic ring is 1. The van der Waals surface area contributed by atoms with Crippen LogP contribution in [0.25, 0.3) is 16.7 Å². The smallest absolute Gasteiger partial charge is 0.419 e. The van der Waals surface area contributed by atoms with Gasteiger partial charge in [-0.2, -0.15) is 5.10 Å². The van der Waals surface area contributed by atoms with Gasteiger partial charge >= 0.3 is 17.7 Å². The molecule has 0 aliphatic rings. The zero-order valence-corrected chi connectivity index (χ0v) is 22.3. The Kier molecular flexibility index (Phi) is 9.44. The summed E-state index contributed by atoms with van der Waals surface area (Å²) >= 11 is 0. The molecule has 6 N–H and O–H groups in total. The summed E-state index contributed by atoms with van der Waals surface area (Å²) in [6, 6.07) is 13.3. The van der Waals surface area contributed by atoms with E-state index in [0.717, 1.165) is 21.7 Å². The first kappa shape index (κ1) is 31.0. The van der Waals surface area contributed by atoms with Gasteiger partial charge in [0.15, 0.2) is 16.9 Å². The maximum atomic E-state index is 12.5. The Hall–Kier alpha value is -5.50. The number of aromatic carboxylic acids is 1. The Morgan fingerprint density at radius 3 is 2.45 bits per heavy atom. The molecule has 0 aliphatic carbocycles. The van der Waals surface area contributed by atoms with Crippen molar-refractivity contribution in [1.29, 1.82) is 0 Å². The van der Waals surface area contributed by atoms with E-state index in [1.54, 1.807) is 37.4 Å². The summed E-state index contributed by atoms with van der Waals surface area (Å²) < 4.78 is 12.0. The van der Waals surface area contributed by atoms with Crippen LogP contribution in [0.1, 0.15) is 62.9 Å². The molecule has 5 aromatic rings. The molecule has 42 heavy (non-hydrogen) atoms. The molecule has 0 saturated carbocycles. The Balaban J connectivity index is 0.000000293. The highest BCUT2D eigenvalue weighted by Gasteiger charge is 2.18. The Morgan fingerprint density at radius 1 is 1.14 bits per heavy atom. The highest BCUT2D eigenvalue weighted by atomic mass is 16.5. The number of aryl methyl sites for hydroxylation is 1. The lowest BCUT2D eigenvalue weighted by Crippen LogP contribution is -2.25. The van der Waals surface area contributed by atoms with Crippen molar-refractivity contribution < 1.29 is 28.6 Å². The number of hydrogen-bond donors (Lipinski definition) is 4. The van der Waals surface area contributed by atoms with Crippen molar-refractivity contribution in [3.63, 3.8) is 0 Å². The molecule has 0 unspecified atom stereocenters. The fourth-order valence-corrected chi connectivity index (χ4v) is 3.84. The highest BCUT2D eigenvalue weighted by Crippen LogP contribution is 2.16. The fraction of sp³-hybridized carbons (Fsp3) is 0.214. The largest absolute Gasteiger partial charge is 0.477 e. The summed E-state index contributed by atoms with van der Waals surface area (Å²) in [5, 5.41) is 15.9. The van der Waals surface area contributed by atoms with Gasteiger partial charge in [-0.25, -0.2) is 23.9 Å². The van der Waals surface area contributed by atoms with Crippen molar-refractivity contribution in [2.75, 3.05) is 12.8 Å². The summed E-state index contributed by atoms with van der Waals surface area (Å²) in [7, 11) is 2.95. The number of carboxylic acids is 1. The predicted molar refractivity (Wildman–Crippen MR) is 154 cm³/mol. The van der Waals surface area contributed by atoms with Crippen LogP contribution in [0.2, 0.25) is 0 Å². The van der Waals surface area contributed by atoms with Crippen molar-refractivity contribution in [3.05, 3.63) is 93.4 Å². The molecule has 5 rings (SSSR count). The number of hydrogen-bond acceptors (Lipinski definition) is 10. The molecule has 0 saturated heterocycles. The normalized spacial score (nSPS) is 11.2. The topological polar surface area (TPSA) is 210 Å². The second-order valence-electron chi connectivity index (χ2n) is 8.98. The molecule has 0 fully saturated rings. The third kappa shape index (κ3) is 6.45.